The zero-order valence-electron chi connectivity index (χ0n) is 12.4. The van der Waals surface area contributed by atoms with E-state index in [1.54, 1.807) is 20.8 Å². The van der Waals surface area contributed by atoms with Gasteiger partial charge in [0.15, 0.2) is 7.12 Å². The molecule has 1 heterocycles. The molecule has 21 heavy (non-hydrogen) atoms. The van der Waals surface area contributed by atoms with Gasteiger partial charge in [-0.3, -0.25) is 0 Å². The van der Waals surface area contributed by atoms with Crippen molar-refractivity contribution < 1.29 is 19.4 Å². The summed E-state index contributed by atoms with van der Waals surface area (Å²) in [7, 11) is 27.1. The molecule has 1 unspecified atom stereocenters. The highest BCUT2D eigenvalue weighted by Crippen LogP contribution is 2.30. The SMILES string of the molecule is [B]C1([B])OC(CO)CN(C(=O)OC(C)(C)C)C1([B])[B].[B]S. The lowest BCUT2D eigenvalue weighted by atomic mass is 9.39. The fourth-order valence-corrected chi connectivity index (χ4v) is 1.61. The van der Waals surface area contributed by atoms with Gasteiger partial charge < -0.3 is 19.5 Å². The first kappa shape index (κ1) is 20.9. The van der Waals surface area contributed by atoms with Crippen molar-refractivity contribution in [2.45, 2.75) is 43.2 Å². The Balaban J connectivity index is 0.00000191. The van der Waals surface area contributed by atoms with Gasteiger partial charge in [-0.25, -0.2) is 17.3 Å². The Hall–Kier alpha value is -0.135. The number of morpholine rings is 1. The Morgan fingerprint density at radius 1 is 1.38 bits per heavy atom. The van der Waals surface area contributed by atoms with Crippen molar-refractivity contribution in [2.75, 3.05) is 13.2 Å². The molecule has 0 bridgehead atoms. The first-order valence-electron chi connectivity index (χ1n) is 6.11. The molecule has 0 aromatic rings. The second-order valence-electron chi connectivity index (χ2n) is 5.63. The third kappa shape index (κ3) is 5.22. The van der Waals surface area contributed by atoms with Gasteiger partial charge in [0.25, 0.3) is 0 Å². The van der Waals surface area contributed by atoms with Crippen LogP contribution < -0.4 is 0 Å². The van der Waals surface area contributed by atoms with Crippen molar-refractivity contribution >= 4 is 57.1 Å². The minimum Gasteiger partial charge on any atom is -0.444 e. The predicted molar refractivity (Wildman–Crippen MR) is 88.1 cm³/mol. The summed E-state index contributed by atoms with van der Waals surface area (Å²) in [5.74, 6) is 0. The number of amides is 1. The standard InChI is InChI=1S/C10H15B4NO4.BHS/c1-8(2,3)19-7(17)15-4-6(5-16)18-10(13,14)9(15,11)12;1-2/h6,16H,4-5H2,1-3H3;2H. The Morgan fingerprint density at radius 3 is 2.24 bits per heavy atom. The Kier molecular flexibility index (Phi) is 7.37. The molecule has 1 rings (SSSR count). The molecular formula is C10H16B5NO4S. The van der Waals surface area contributed by atoms with Crippen LogP contribution in [0, 0.1) is 0 Å². The van der Waals surface area contributed by atoms with Crippen molar-refractivity contribution in [3.8, 4) is 0 Å². The number of aliphatic hydroxyl groups is 1. The highest BCUT2D eigenvalue weighted by molar-refractivity contribution is 8.03. The van der Waals surface area contributed by atoms with Crippen LogP contribution in [-0.4, -0.2) is 90.2 Å². The van der Waals surface area contributed by atoms with E-state index >= 15 is 0 Å². The van der Waals surface area contributed by atoms with Crippen molar-refractivity contribution in [3.63, 3.8) is 0 Å². The van der Waals surface area contributed by atoms with Gasteiger partial charge in [-0.2, -0.15) is 0 Å². The lowest BCUT2D eigenvalue weighted by Crippen LogP contribution is -2.75. The molecule has 1 saturated heterocycles. The number of hydrogen-bond donors (Lipinski definition) is 2. The molecular weight excluding hydrogens is 284 g/mol. The van der Waals surface area contributed by atoms with Crippen molar-refractivity contribution in [2.24, 2.45) is 0 Å². The van der Waals surface area contributed by atoms with E-state index in [4.69, 9.17) is 46.0 Å². The quantitative estimate of drug-likeness (QED) is 0.462. The van der Waals surface area contributed by atoms with Crippen LogP contribution in [-0.2, 0) is 9.47 Å². The van der Waals surface area contributed by atoms with E-state index in [1.165, 1.54) is 0 Å². The summed E-state index contributed by atoms with van der Waals surface area (Å²) in [4.78, 5) is 13.0. The Bertz CT molecular complexity index is 364. The van der Waals surface area contributed by atoms with Gasteiger partial charge >= 0.3 is 6.09 Å². The number of nitrogens with zero attached hydrogens (tertiary/aromatic N) is 1. The van der Waals surface area contributed by atoms with Crippen LogP contribution in [0.1, 0.15) is 20.8 Å². The third-order valence-corrected chi connectivity index (χ3v) is 2.64. The average Bonchev–Trinajstić information content (AvgIpc) is 2.32. The van der Waals surface area contributed by atoms with E-state index < -0.39 is 28.5 Å². The molecule has 1 aliphatic heterocycles. The summed E-state index contributed by atoms with van der Waals surface area (Å²) in [6, 6.07) is 0. The summed E-state index contributed by atoms with van der Waals surface area (Å²) < 4.78 is 10.3. The highest BCUT2D eigenvalue weighted by atomic mass is 32.1. The zero-order valence-corrected chi connectivity index (χ0v) is 13.3. The van der Waals surface area contributed by atoms with Crippen LogP contribution in [0.15, 0.2) is 0 Å². The predicted octanol–water partition coefficient (Wildman–Crippen LogP) is -1.40. The largest absolute Gasteiger partial charge is 0.444 e. The molecule has 0 saturated carbocycles. The topological polar surface area (TPSA) is 59.0 Å². The van der Waals surface area contributed by atoms with E-state index in [1.807, 2.05) is 0 Å². The third-order valence-electron chi connectivity index (χ3n) is 2.64. The second-order valence-corrected chi connectivity index (χ2v) is 5.63. The number of ether oxygens (including phenoxy) is 2. The normalized spacial score (nSPS) is 23.7. The smallest absolute Gasteiger partial charge is 0.409 e. The fourth-order valence-electron chi connectivity index (χ4n) is 1.61. The number of hydrogen-bond acceptors (Lipinski definition) is 5. The molecule has 1 N–H and O–H groups in total. The minimum absolute atomic E-state index is 0.0748. The summed E-state index contributed by atoms with van der Waals surface area (Å²) in [6.45, 7) is 4.63. The number of carbonyl (C=O) groups is 1. The van der Waals surface area contributed by atoms with Crippen LogP contribution in [0.5, 0.6) is 0 Å². The molecule has 1 fully saturated rings. The average molecular weight is 300 g/mol. The monoisotopic (exact) mass is 301 g/mol. The lowest BCUT2D eigenvalue weighted by molar-refractivity contribution is -0.112. The van der Waals surface area contributed by atoms with E-state index in [2.05, 4.69) is 19.6 Å². The maximum Gasteiger partial charge on any atom is 0.409 e. The van der Waals surface area contributed by atoms with Gasteiger partial charge in [0, 0.05) is 0 Å². The van der Waals surface area contributed by atoms with Crippen LogP contribution >= 0.6 is 12.5 Å². The minimum atomic E-state index is -2.00. The van der Waals surface area contributed by atoms with Crippen LogP contribution in [0.25, 0.3) is 0 Å². The molecule has 5 nitrogen and oxygen atoms in total. The molecule has 1 atom stereocenters. The van der Waals surface area contributed by atoms with Gasteiger partial charge in [0.1, 0.15) is 21.3 Å². The fraction of sp³-hybridized carbons (Fsp3) is 0.900. The summed E-state index contributed by atoms with van der Waals surface area (Å²) in [5, 5.41) is 5.17. The number of rotatable bonds is 1. The van der Waals surface area contributed by atoms with E-state index in [0.717, 1.165) is 4.90 Å². The highest BCUT2D eigenvalue weighted by Gasteiger charge is 2.49. The van der Waals surface area contributed by atoms with Crippen molar-refractivity contribution in [1.29, 1.82) is 0 Å². The molecule has 0 aliphatic carbocycles. The van der Waals surface area contributed by atoms with E-state index in [0.29, 0.717) is 0 Å². The van der Waals surface area contributed by atoms with Crippen molar-refractivity contribution in [3.05, 3.63) is 0 Å². The van der Waals surface area contributed by atoms with Gasteiger partial charge in [-0.15, -0.1) is 0 Å². The molecule has 1 amide bonds. The number of thiol groups is 1. The molecule has 106 valence electrons. The van der Waals surface area contributed by atoms with E-state index in [-0.39, 0.29) is 13.2 Å². The first-order valence-corrected chi connectivity index (χ1v) is 6.63. The number of carbonyl (C=O) groups excluding carboxylic acids is 1. The Labute approximate surface area is 138 Å². The summed E-state index contributed by atoms with van der Waals surface area (Å²) >= 11 is 3.03. The molecule has 0 aromatic heterocycles. The van der Waals surface area contributed by atoms with E-state index in [9.17, 15) is 4.79 Å². The van der Waals surface area contributed by atoms with Gasteiger partial charge in [0.05, 0.1) is 34.9 Å². The Morgan fingerprint density at radius 2 is 1.86 bits per heavy atom. The van der Waals surface area contributed by atoms with Crippen LogP contribution in [0.3, 0.4) is 0 Å². The van der Waals surface area contributed by atoms with Crippen molar-refractivity contribution in [1.82, 2.24) is 4.90 Å². The van der Waals surface area contributed by atoms with Gasteiger partial charge in [-0.05, 0) is 31.5 Å². The molecule has 10 radical (unpaired) electrons. The molecule has 1 aliphatic rings. The maximum absolute atomic E-state index is 12.1. The second kappa shape index (κ2) is 7.42. The molecule has 0 aromatic carbocycles. The summed E-state index contributed by atoms with van der Waals surface area (Å²) in [6.07, 6.45) is -1.57. The maximum atomic E-state index is 12.1. The van der Waals surface area contributed by atoms with Crippen LogP contribution in [0.4, 0.5) is 4.79 Å². The van der Waals surface area contributed by atoms with Gasteiger partial charge in [-0.1, -0.05) is 0 Å². The lowest BCUT2D eigenvalue weighted by Gasteiger charge is -2.57. The van der Waals surface area contributed by atoms with Crippen LogP contribution in [0.2, 0.25) is 0 Å². The summed E-state index contributed by atoms with van der Waals surface area (Å²) in [5.41, 5.74) is -0.730. The molecule has 0 spiro atoms. The number of aliphatic hydroxyl groups excluding tert-OH is 1. The zero-order chi connectivity index (χ0) is 17.1. The first-order chi connectivity index (χ1) is 9.40. The molecule has 11 heteroatoms. The van der Waals surface area contributed by atoms with Gasteiger partial charge in [0.2, 0.25) is 0 Å².